The molecule has 0 radical (unpaired) electrons. The van der Waals surface area contributed by atoms with Crippen molar-refractivity contribution in [2.24, 2.45) is 0 Å². The molecule has 0 bridgehead atoms. The Morgan fingerprint density at radius 1 is 1.25 bits per heavy atom. The van der Waals surface area contributed by atoms with Crippen LogP contribution in [0.5, 0.6) is 0 Å². The molecule has 0 rings (SSSR count). The number of ether oxygens (including phenoxy) is 1. The molecule has 16 heavy (non-hydrogen) atoms. The van der Waals surface area contributed by atoms with Gasteiger partial charge in [0.25, 0.3) is 0 Å². The number of carbonyl (C=O) groups excluding carboxylic acids is 1. The predicted molar refractivity (Wildman–Crippen MR) is 55.3 cm³/mol. The van der Waals surface area contributed by atoms with Crippen LogP contribution in [-0.2, 0) is 14.1 Å². The third kappa shape index (κ3) is 50.9. The molecule has 98 valence electrons. The summed E-state index contributed by atoms with van der Waals surface area (Å²) >= 11 is 0. The molecule has 0 aliphatic rings. The van der Waals surface area contributed by atoms with Crippen molar-refractivity contribution in [3.05, 3.63) is 12.2 Å². The van der Waals surface area contributed by atoms with Crippen LogP contribution in [-0.4, -0.2) is 51.2 Å². The van der Waals surface area contributed by atoms with Crippen molar-refractivity contribution in [2.75, 3.05) is 20.3 Å². The molecule has 5 N–H and O–H groups in total. The summed E-state index contributed by atoms with van der Waals surface area (Å²) in [6, 6.07) is 0. The Morgan fingerprint density at radius 3 is 1.50 bits per heavy atom. The summed E-state index contributed by atoms with van der Waals surface area (Å²) in [5, 5.41) is 15.2. The third-order valence-electron chi connectivity index (χ3n) is 0.634. The van der Waals surface area contributed by atoms with Gasteiger partial charge in [0.15, 0.2) is 0 Å². The SMILES string of the molecule is C=C(C)C(=O)OC.O=P(O)(O)O.OCCO. The minimum absolute atomic E-state index is 0.125. The molecule has 9 heteroatoms. The number of carbonyl (C=O) groups is 1. The molecule has 0 aromatic carbocycles. The maximum atomic E-state index is 10.2. The minimum Gasteiger partial charge on any atom is -0.466 e. The van der Waals surface area contributed by atoms with E-state index in [4.69, 9.17) is 29.5 Å². The van der Waals surface area contributed by atoms with Crippen molar-refractivity contribution in [3.63, 3.8) is 0 Å². The molecule has 0 aromatic heterocycles. The Balaban J connectivity index is -0.000000166. The monoisotopic (exact) mass is 260 g/mol. The third-order valence-corrected chi connectivity index (χ3v) is 0.634. The van der Waals surface area contributed by atoms with Crippen LogP contribution in [0.15, 0.2) is 12.2 Å². The molecule has 0 spiro atoms. The first-order chi connectivity index (χ1) is 7.09. The van der Waals surface area contributed by atoms with Gasteiger partial charge in [-0.1, -0.05) is 6.58 Å². The van der Waals surface area contributed by atoms with Crippen molar-refractivity contribution < 1.29 is 39.0 Å². The van der Waals surface area contributed by atoms with Crippen LogP contribution in [0.2, 0.25) is 0 Å². The summed E-state index contributed by atoms with van der Waals surface area (Å²) in [6.45, 7) is 4.70. The summed E-state index contributed by atoms with van der Waals surface area (Å²) in [5.41, 5.74) is 0.433. The normalized spacial score (nSPS) is 8.94. The van der Waals surface area contributed by atoms with Crippen LogP contribution in [0.4, 0.5) is 0 Å². The highest BCUT2D eigenvalue weighted by molar-refractivity contribution is 7.45. The van der Waals surface area contributed by atoms with Crippen LogP contribution in [0.25, 0.3) is 0 Å². The average molecular weight is 260 g/mol. The Bertz CT molecular complexity index is 222. The van der Waals surface area contributed by atoms with Crippen LogP contribution < -0.4 is 0 Å². The summed E-state index contributed by atoms with van der Waals surface area (Å²) < 4.78 is 13.2. The Kier molecular flexibility index (Phi) is 15.9. The largest absolute Gasteiger partial charge is 0.466 e. The van der Waals surface area contributed by atoms with E-state index in [0.29, 0.717) is 5.57 Å². The van der Waals surface area contributed by atoms with Crippen molar-refractivity contribution in [1.29, 1.82) is 0 Å². The van der Waals surface area contributed by atoms with Gasteiger partial charge in [-0.05, 0) is 6.92 Å². The lowest BCUT2D eigenvalue weighted by molar-refractivity contribution is -0.136. The van der Waals surface area contributed by atoms with Gasteiger partial charge in [-0.15, -0.1) is 0 Å². The first kappa shape index (κ1) is 20.6. The fourth-order valence-corrected chi connectivity index (χ4v) is 0.174. The number of methoxy groups -OCH3 is 1. The van der Waals surface area contributed by atoms with Gasteiger partial charge < -0.3 is 29.6 Å². The van der Waals surface area contributed by atoms with E-state index in [1.54, 1.807) is 6.92 Å². The van der Waals surface area contributed by atoms with Gasteiger partial charge in [-0.2, -0.15) is 0 Å². The van der Waals surface area contributed by atoms with Gasteiger partial charge in [-0.25, -0.2) is 9.36 Å². The van der Waals surface area contributed by atoms with Crippen LogP contribution in [0.1, 0.15) is 6.92 Å². The van der Waals surface area contributed by atoms with E-state index in [1.165, 1.54) is 7.11 Å². The Morgan fingerprint density at radius 2 is 1.50 bits per heavy atom. The molecule has 0 amide bonds. The van der Waals surface area contributed by atoms with Gasteiger partial charge in [0.1, 0.15) is 0 Å². The van der Waals surface area contributed by atoms with E-state index in [2.05, 4.69) is 11.3 Å². The molecule has 0 heterocycles. The van der Waals surface area contributed by atoms with E-state index in [0.717, 1.165) is 0 Å². The summed E-state index contributed by atoms with van der Waals surface area (Å²) in [5.74, 6) is -0.347. The topological polar surface area (TPSA) is 145 Å². The van der Waals surface area contributed by atoms with Crippen LogP contribution >= 0.6 is 7.82 Å². The number of phosphoric acid groups is 1. The van der Waals surface area contributed by atoms with E-state index in [-0.39, 0.29) is 19.2 Å². The predicted octanol–water partition coefficient (Wildman–Crippen LogP) is -1.22. The van der Waals surface area contributed by atoms with E-state index < -0.39 is 7.82 Å². The zero-order valence-electron chi connectivity index (χ0n) is 9.03. The molecular weight excluding hydrogens is 243 g/mol. The van der Waals surface area contributed by atoms with Gasteiger partial charge in [0, 0.05) is 5.57 Å². The average Bonchev–Trinajstić information content (AvgIpc) is 2.14. The lowest BCUT2D eigenvalue weighted by Gasteiger charge is -1.91. The summed E-state index contributed by atoms with van der Waals surface area (Å²) in [4.78, 5) is 31.8. The van der Waals surface area contributed by atoms with Crippen LogP contribution in [0, 0.1) is 0 Å². The fourth-order valence-electron chi connectivity index (χ4n) is 0.174. The van der Waals surface area contributed by atoms with Gasteiger partial charge in [0.2, 0.25) is 0 Å². The molecule has 0 saturated carbocycles. The zero-order valence-corrected chi connectivity index (χ0v) is 9.92. The smallest absolute Gasteiger partial charge is 0.466 e. The van der Waals surface area contributed by atoms with E-state index in [9.17, 15) is 4.79 Å². The highest BCUT2D eigenvalue weighted by Crippen LogP contribution is 2.25. The first-order valence-corrected chi connectivity index (χ1v) is 5.40. The molecule has 0 aliphatic heterocycles. The molecule has 0 unspecified atom stereocenters. The second-order valence-electron chi connectivity index (χ2n) is 2.23. The first-order valence-electron chi connectivity index (χ1n) is 3.84. The second kappa shape index (κ2) is 12.3. The van der Waals surface area contributed by atoms with Crippen molar-refractivity contribution >= 4 is 13.8 Å². The molecule has 0 aliphatic carbocycles. The standard InChI is InChI=1S/C5H8O2.C2H6O2.H3O4P/c1-4(2)5(6)7-3;3-1-2-4;1-5(2,3)4/h1H2,2-3H3;3-4H,1-2H2;(H3,1,2,3,4). The fraction of sp³-hybridized carbons (Fsp3) is 0.571. The maximum Gasteiger partial charge on any atom is 0.466 e. The molecule has 0 saturated heterocycles. The highest BCUT2D eigenvalue weighted by Gasteiger charge is 2.00. The van der Waals surface area contributed by atoms with Crippen LogP contribution in [0.3, 0.4) is 0 Å². The number of aliphatic hydroxyl groups excluding tert-OH is 2. The summed E-state index contributed by atoms with van der Waals surface area (Å²) in [7, 11) is -3.31. The van der Waals surface area contributed by atoms with Gasteiger partial charge in [0.05, 0.1) is 20.3 Å². The number of hydrogen-bond acceptors (Lipinski definition) is 5. The van der Waals surface area contributed by atoms with Gasteiger partial charge in [-0.3, -0.25) is 0 Å². The van der Waals surface area contributed by atoms with E-state index >= 15 is 0 Å². The lowest BCUT2D eigenvalue weighted by Crippen LogP contribution is -1.98. The van der Waals surface area contributed by atoms with Crippen molar-refractivity contribution in [3.8, 4) is 0 Å². The number of esters is 1. The molecule has 8 nitrogen and oxygen atoms in total. The van der Waals surface area contributed by atoms with E-state index in [1.807, 2.05) is 0 Å². The lowest BCUT2D eigenvalue weighted by atomic mass is 10.4. The molecule has 0 atom stereocenters. The summed E-state index contributed by atoms with van der Waals surface area (Å²) in [6.07, 6.45) is 0. The van der Waals surface area contributed by atoms with Gasteiger partial charge >= 0.3 is 13.8 Å². The van der Waals surface area contributed by atoms with Crippen molar-refractivity contribution in [2.45, 2.75) is 6.92 Å². The second-order valence-corrected chi connectivity index (χ2v) is 3.26. The minimum atomic E-state index is -4.64. The molecular formula is C7H17O8P. The Hall–Kier alpha value is -0.760. The zero-order chi connectivity index (χ0) is 13.8. The quantitative estimate of drug-likeness (QED) is 0.236. The number of rotatable bonds is 2. The Labute approximate surface area is 93.0 Å². The maximum absolute atomic E-state index is 10.2. The number of hydrogen-bond donors (Lipinski definition) is 5. The van der Waals surface area contributed by atoms with Crippen molar-refractivity contribution in [1.82, 2.24) is 0 Å². The molecule has 0 aromatic rings. The highest BCUT2D eigenvalue weighted by atomic mass is 31.2. The number of aliphatic hydroxyl groups is 2. The molecule has 0 fully saturated rings.